The normalized spacial score (nSPS) is 18.1. The van der Waals surface area contributed by atoms with E-state index in [1.165, 1.54) is 6.07 Å². The van der Waals surface area contributed by atoms with Crippen molar-refractivity contribution in [2.75, 3.05) is 13.1 Å². The third kappa shape index (κ3) is 1.75. The minimum absolute atomic E-state index is 0.204. The molecule has 0 radical (unpaired) electrons. The lowest BCUT2D eigenvalue weighted by Crippen LogP contribution is -2.54. The topological polar surface area (TPSA) is 85.5 Å². The van der Waals surface area contributed by atoms with E-state index >= 15 is 0 Å². The molecule has 1 aliphatic rings. The van der Waals surface area contributed by atoms with E-state index < -0.39 is 4.92 Å². The number of likely N-dealkylation sites (tertiary alicyclic amines) is 1. The van der Waals surface area contributed by atoms with Crippen LogP contribution in [-0.2, 0) is 6.54 Å². The van der Waals surface area contributed by atoms with Gasteiger partial charge in [-0.15, -0.1) is 0 Å². The van der Waals surface area contributed by atoms with Crippen molar-refractivity contribution in [1.82, 2.24) is 4.90 Å². The molecule has 0 unspecified atom stereocenters. The lowest BCUT2D eigenvalue weighted by Gasteiger charge is -2.35. The molecule has 1 saturated heterocycles. The Morgan fingerprint density at radius 2 is 2.36 bits per heavy atom. The van der Waals surface area contributed by atoms with Crippen molar-refractivity contribution in [1.29, 1.82) is 0 Å². The van der Waals surface area contributed by atoms with Crippen LogP contribution in [0.2, 0.25) is 0 Å². The van der Waals surface area contributed by atoms with Crippen LogP contribution in [0.25, 0.3) is 0 Å². The van der Waals surface area contributed by atoms with Gasteiger partial charge in [-0.3, -0.25) is 15.0 Å². The number of hydrogen-bond donors (Lipinski definition) is 1. The van der Waals surface area contributed by atoms with E-state index in [1.54, 1.807) is 6.07 Å². The van der Waals surface area contributed by atoms with Crippen molar-refractivity contribution in [3.8, 4) is 0 Å². The second kappa shape index (κ2) is 3.39. The van der Waals surface area contributed by atoms with Crippen molar-refractivity contribution < 1.29 is 9.34 Å². The van der Waals surface area contributed by atoms with Crippen LogP contribution in [0.1, 0.15) is 5.76 Å². The van der Waals surface area contributed by atoms with Gasteiger partial charge in [-0.05, 0) is 6.07 Å². The van der Waals surface area contributed by atoms with Crippen LogP contribution < -0.4 is 5.73 Å². The number of rotatable bonds is 3. The van der Waals surface area contributed by atoms with Gasteiger partial charge < -0.3 is 10.2 Å². The molecule has 0 saturated carbocycles. The smallest absolute Gasteiger partial charge is 0.404 e. The fourth-order valence-corrected chi connectivity index (χ4v) is 1.51. The largest absolute Gasteiger partial charge is 0.433 e. The Morgan fingerprint density at radius 3 is 2.86 bits per heavy atom. The van der Waals surface area contributed by atoms with Crippen molar-refractivity contribution in [3.63, 3.8) is 0 Å². The van der Waals surface area contributed by atoms with Gasteiger partial charge in [0.15, 0.2) is 0 Å². The maximum Gasteiger partial charge on any atom is 0.433 e. The summed E-state index contributed by atoms with van der Waals surface area (Å²) in [6.07, 6.45) is 0. The van der Waals surface area contributed by atoms with Crippen LogP contribution in [0.3, 0.4) is 0 Å². The maximum atomic E-state index is 10.3. The molecule has 1 aromatic rings. The first-order chi connectivity index (χ1) is 6.65. The lowest BCUT2D eigenvalue weighted by molar-refractivity contribution is -0.402. The standard InChI is InChI=1S/C8H11N3O3/c9-6-3-10(4-6)5-7-1-2-8(14-7)11(12)13/h1-2,6H,3-5,9H2. The molecule has 6 heteroatoms. The van der Waals surface area contributed by atoms with Gasteiger partial charge in [-0.25, -0.2) is 0 Å². The highest BCUT2D eigenvalue weighted by Crippen LogP contribution is 2.18. The molecular formula is C8H11N3O3. The Labute approximate surface area is 80.4 Å². The molecule has 14 heavy (non-hydrogen) atoms. The Balaban J connectivity index is 1.93. The minimum Gasteiger partial charge on any atom is -0.404 e. The van der Waals surface area contributed by atoms with Crippen LogP contribution in [0.5, 0.6) is 0 Å². The number of hydrogen-bond acceptors (Lipinski definition) is 5. The highest BCUT2D eigenvalue weighted by Gasteiger charge is 2.24. The van der Waals surface area contributed by atoms with Crippen LogP contribution in [0.15, 0.2) is 16.5 Å². The third-order valence-electron chi connectivity index (χ3n) is 2.19. The second-order valence-electron chi connectivity index (χ2n) is 3.45. The number of nitrogens with two attached hydrogens (primary N) is 1. The summed E-state index contributed by atoms with van der Waals surface area (Å²) in [4.78, 5) is 11.9. The summed E-state index contributed by atoms with van der Waals surface area (Å²) in [6.45, 7) is 2.25. The zero-order chi connectivity index (χ0) is 10.1. The fraction of sp³-hybridized carbons (Fsp3) is 0.500. The van der Waals surface area contributed by atoms with Crippen molar-refractivity contribution in [3.05, 3.63) is 28.0 Å². The molecule has 6 nitrogen and oxygen atoms in total. The summed E-state index contributed by atoms with van der Waals surface area (Å²) in [6, 6.07) is 3.23. The van der Waals surface area contributed by atoms with Crippen molar-refractivity contribution in [2.45, 2.75) is 12.6 Å². The quantitative estimate of drug-likeness (QED) is 0.557. The molecule has 76 valence electrons. The first-order valence-electron chi connectivity index (χ1n) is 4.36. The molecular weight excluding hydrogens is 186 g/mol. The van der Waals surface area contributed by atoms with E-state index in [2.05, 4.69) is 4.90 Å². The first kappa shape index (κ1) is 9.17. The van der Waals surface area contributed by atoms with Gasteiger partial charge in [-0.2, -0.15) is 0 Å². The van der Waals surface area contributed by atoms with E-state index in [0.29, 0.717) is 12.3 Å². The Bertz CT molecular complexity index is 343. The van der Waals surface area contributed by atoms with E-state index in [-0.39, 0.29) is 11.9 Å². The summed E-state index contributed by atoms with van der Waals surface area (Å²) < 4.78 is 5.01. The Hall–Kier alpha value is -1.40. The van der Waals surface area contributed by atoms with Gasteiger partial charge >= 0.3 is 5.88 Å². The van der Waals surface area contributed by atoms with Crippen LogP contribution in [0.4, 0.5) is 5.88 Å². The van der Waals surface area contributed by atoms with Crippen molar-refractivity contribution >= 4 is 5.88 Å². The molecule has 0 bridgehead atoms. The molecule has 0 atom stereocenters. The molecule has 1 aromatic heterocycles. The highest BCUT2D eigenvalue weighted by atomic mass is 16.6. The summed E-state index contributed by atoms with van der Waals surface area (Å²) in [5, 5.41) is 10.3. The van der Waals surface area contributed by atoms with Gasteiger partial charge in [0.2, 0.25) is 0 Å². The first-order valence-corrected chi connectivity index (χ1v) is 4.36. The fourth-order valence-electron chi connectivity index (χ4n) is 1.51. The molecule has 0 aromatic carbocycles. The number of nitrogens with zero attached hydrogens (tertiary/aromatic N) is 2. The molecule has 0 aliphatic carbocycles. The summed E-state index contributed by atoms with van der Waals surface area (Å²) >= 11 is 0. The SMILES string of the molecule is NC1CN(Cc2ccc([N+](=O)[O-])o2)C1. The number of furan rings is 1. The van der Waals surface area contributed by atoms with Gasteiger partial charge in [0.05, 0.1) is 12.6 Å². The number of nitro groups is 1. The molecule has 2 rings (SSSR count). The predicted molar refractivity (Wildman–Crippen MR) is 48.6 cm³/mol. The molecule has 1 aliphatic heterocycles. The Morgan fingerprint density at radius 1 is 1.64 bits per heavy atom. The van der Waals surface area contributed by atoms with E-state index in [1.807, 2.05) is 0 Å². The third-order valence-corrected chi connectivity index (χ3v) is 2.19. The maximum absolute atomic E-state index is 10.3. The lowest BCUT2D eigenvalue weighted by atomic mass is 10.1. The monoisotopic (exact) mass is 197 g/mol. The van der Waals surface area contributed by atoms with Crippen LogP contribution in [-0.4, -0.2) is 29.0 Å². The highest BCUT2D eigenvalue weighted by molar-refractivity contribution is 5.17. The molecule has 1 fully saturated rings. The molecule has 0 amide bonds. The van der Waals surface area contributed by atoms with Gasteiger partial charge in [0.1, 0.15) is 10.7 Å². The predicted octanol–water partition coefficient (Wildman–Crippen LogP) is 0.331. The van der Waals surface area contributed by atoms with E-state index in [9.17, 15) is 10.1 Å². The molecule has 2 N–H and O–H groups in total. The van der Waals surface area contributed by atoms with E-state index in [0.717, 1.165) is 13.1 Å². The van der Waals surface area contributed by atoms with Gasteiger partial charge in [0, 0.05) is 19.1 Å². The zero-order valence-corrected chi connectivity index (χ0v) is 7.55. The van der Waals surface area contributed by atoms with Gasteiger partial charge in [-0.1, -0.05) is 0 Å². The van der Waals surface area contributed by atoms with Crippen LogP contribution >= 0.6 is 0 Å². The second-order valence-corrected chi connectivity index (χ2v) is 3.45. The molecule has 2 heterocycles. The average molecular weight is 197 g/mol. The van der Waals surface area contributed by atoms with Gasteiger partial charge in [0.25, 0.3) is 0 Å². The zero-order valence-electron chi connectivity index (χ0n) is 7.55. The average Bonchev–Trinajstić information content (AvgIpc) is 2.50. The van der Waals surface area contributed by atoms with E-state index in [4.69, 9.17) is 10.2 Å². The summed E-state index contributed by atoms with van der Waals surface area (Å²) in [7, 11) is 0. The molecule has 0 spiro atoms. The minimum atomic E-state index is -0.536. The van der Waals surface area contributed by atoms with Crippen LogP contribution in [0, 0.1) is 10.1 Å². The summed E-state index contributed by atoms with van der Waals surface area (Å²) in [5.74, 6) is 0.411. The van der Waals surface area contributed by atoms with Crippen molar-refractivity contribution in [2.24, 2.45) is 5.73 Å². The summed E-state index contributed by atoms with van der Waals surface area (Å²) in [5.41, 5.74) is 5.60. The Kier molecular flexibility index (Phi) is 2.22.